The Morgan fingerprint density at radius 2 is 1.71 bits per heavy atom. The predicted octanol–water partition coefficient (Wildman–Crippen LogP) is 2.61. The van der Waals surface area contributed by atoms with Crippen molar-refractivity contribution < 1.29 is 19.8 Å². The first kappa shape index (κ1) is 15.4. The SMILES string of the molecule is Cc1cc(NC(=O)[C@@H]2[C@H](C(=O)O)C2(C)C)c(C)c(C)c1O. The van der Waals surface area contributed by atoms with Gasteiger partial charge in [0.15, 0.2) is 0 Å². The lowest BCUT2D eigenvalue weighted by Crippen LogP contribution is -2.18. The molecule has 5 heteroatoms. The van der Waals surface area contributed by atoms with Crippen LogP contribution in [-0.2, 0) is 9.59 Å². The number of phenolic OH excluding ortho intramolecular Hbond substituents is 1. The lowest BCUT2D eigenvalue weighted by Gasteiger charge is -2.14. The molecule has 1 aromatic carbocycles. The molecule has 1 aliphatic rings. The van der Waals surface area contributed by atoms with Crippen LogP contribution in [0.2, 0.25) is 0 Å². The van der Waals surface area contributed by atoms with E-state index in [0.717, 1.165) is 11.1 Å². The molecule has 21 heavy (non-hydrogen) atoms. The number of carboxylic acid groups (broad SMARTS) is 1. The molecule has 1 aliphatic carbocycles. The van der Waals surface area contributed by atoms with E-state index in [-0.39, 0.29) is 11.7 Å². The lowest BCUT2D eigenvalue weighted by atomic mass is 10.0. The maximum atomic E-state index is 12.3. The minimum Gasteiger partial charge on any atom is -0.507 e. The normalized spacial score (nSPS) is 22.7. The fraction of sp³-hybridized carbons (Fsp3) is 0.500. The van der Waals surface area contributed by atoms with E-state index in [9.17, 15) is 14.7 Å². The summed E-state index contributed by atoms with van der Waals surface area (Å²) in [6.07, 6.45) is 0. The zero-order chi connectivity index (χ0) is 16.1. The number of rotatable bonds is 3. The number of hydrogen-bond acceptors (Lipinski definition) is 3. The summed E-state index contributed by atoms with van der Waals surface area (Å²) in [5.74, 6) is -2.16. The van der Waals surface area contributed by atoms with Crippen molar-refractivity contribution in [3.8, 4) is 5.75 Å². The van der Waals surface area contributed by atoms with Gasteiger partial charge in [0.1, 0.15) is 5.75 Å². The predicted molar refractivity (Wildman–Crippen MR) is 79.3 cm³/mol. The molecule has 3 N–H and O–H groups in total. The van der Waals surface area contributed by atoms with Crippen molar-refractivity contribution in [2.24, 2.45) is 17.3 Å². The highest BCUT2D eigenvalue weighted by Gasteiger charge is 2.65. The molecule has 0 radical (unpaired) electrons. The number of carboxylic acids is 1. The molecule has 0 aromatic heterocycles. The van der Waals surface area contributed by atoms with Crippen LogP contribution in [0, 0.1) is 38.0 Å². The molecule has 0 saturated heterocycles. The van der Waals surface area contributed by atoms with Crippen LogP contribution < -0.4 is 5.32 Å². The first-order valence-corrected chi connectivity index (χ1v) is 6.92. The van der Waals surface area contributed by atoms with Crippen LogP contribution in [0.15, 0.2) is 6.07 Å². The summed E-state index contributed by atoms with van der Waals surface area (Å²) in [5.41, 5.74) is 2.29. The minimum absolute atomic E-state index is 0.223. The fourth-order valence-electron chi connectivity index (χ4n) is 3.00. The number of anilines is 1. The smallest absolute Gasteiger partial charge is 0.307 e. The Morgan fingerprint density at radius 1 is 1.14 bits per heavy atom. The molecule has 1 amide bonds. The summed E-state index contributed by atoms with van der Waals surface area (Å²) in [6.45, 7) is 8.94. The Hall–Kier alpha value is -2.04. The van der Waals surface area contributed by atoms with E-state index in [0.29, 0.717) is 11.3 Å². The summed E-state index contributed by atoms with van der Waals surface area (Å²) in [5, 5.41) is 21.8. The Kier molecular flexibility index (Phi) is 3.48. The number of nitrogens with one attached hydrogen (secondary N) is 1. The topological polar surface area (TPSA) is 86.6 Å². The second-order valence-corrected chi connectivity index (χ2v) is 6.44. The highest BCUT2D eigenvalue weighted by Crippen LogP contribution is 2.58. The van der Waals surface area contributed by atoms with E-state index >= 15 is 0 Å². The van der Waals surface area contributed by atoms with Crippen molar-refractivity contribution in [3.05, 3.63) is 22.8 Å². The molecule has 114 valence electrons. The quantitative estimate of drug-likeness (QED) is 0.747. The van der Waals surface area contributed by atoms with Crippen LogP contribution >= 0.6 is 0 Å². The molecule has 2 rings (SSSR count). The van der Waals surface area contributed by atoms with Gasteiger partial charge < -0.3 is 15.5 Å². The molecule has 0 spiro atoms. The lowest BCUT2D eigenvalue weighted by molar-refractivity contribution is -0.140. The van der Waals surface area contributed by atoms with Gasteiger partial charge in [-0.3, -0.25) is 9.59 Å². The number of hydrogen-bond donors (Lipinski definition) is 3. The second kappa shape index (κ2) is 4.76. The average Bonchev–Trinajstić information content (AvgIpc) is 2.96. The van der Waals surface area contributed by atoms with E-state index in [1.54, 1.807) is 33.8 Å². The third-order valence-electron chi connectivity index (χ3n) is 4.69. The van der Waals surface area contributed by atoms with E-state index in [4.69, 9.17) is 5.11 Å². The van der Waals surface area contributed by atoms with Crippen molar-refractivity contribution in [2.45, 2.75) is 34.6 Å². The molecule has 0 bridgehead atoms. The van der Waals surface area contributed by atoms with Gasteiger partial charge in [-0.2, -0.15) is 0 Å². The zero-order valence-electron chi connectivity index (χ0n) is 12.9. The Balaban J connectivity index is 2.25. The summed E-state index contributed by atoms with van der Waals surface area (Å²) in [7, 11) is 0. The van der Waals surface area contributed by atoms with Gasteiger partial charge in [0.05, 0.1) is 11.8 Å². The van der Waals surface area contributed by atoms with Gasteiger partial charge in [-0.1, -0.05) is 13.8 Å². The molecular formula is C16H21NO4. The summed E-state index contributed by atoms with van der Waals surface area (Å²) < 4.78 is 0. The zero-order valence-corrected chi connectivity index (χ0v) is 12.9. The molecule has 1 fully saturated rings. The van der Waals surface area contributed by atoms with Gasteiger partial charge in [0.25, 0.3) is 0 Å². The van der Waals surface area contributed by atoms with Gasteiger partial charge in [-0.25, -0.2) is 0 Å². The molecule has 0 aliphatic heterocycles. The van der Waals surface area contributed by atoms with Crippen molar-refractivity contribution in [2.75, 3.05) is 5.32 Å². The Bertz CT molecular complexity index is 634. The third kappa shape index (κ3) is 2.37. The van der Waals surface area contributed by atoms with E-state index in [2.05, 4.69) is 5.32 Å². The van der Waals surface area contributed by atoms with Crippen LogP contribution in [0.1, 0.15) is 30.5 Å². The standard InChI is InChI=1S/C16H21NO4/c1-7-6-10(8(2)9(3)13(7)18)17-14(19)11-12(15(20)21)16(11,4)5/h6,11-12,18H,1-5H3,(H,17,19)(H,20,21)/t11-,12+/m0/s1. The second-order valence-electron chi connectivity index (χ2n) is 6.44. The number of aliphatic carboxylic acids is 1. The van der Waals surface area contributed by atoms with E-state index in [1.807, 2.05) is 6.92 Å². The minimum atomic E-state index is -0.935. The van der Waals surface area contributed by atoms with Gasteiger partial charge in [-0.05, 0) is 48.9 Å². The summed E-state index contributed by atoms with van der Waals surface area (Å²) >= 11 is 0. The Morgan fingerprint density at radius 3 is 2.19 bits per heavy atom. The molecule has 2 atom stereocenters. The van der Waals surface area contributed by atoms with Gasteiger partial charge in [0, 0.05) is 5.69 Å². The molecule has 0 heterocycles. The maximum Gasteiger partial charge on any atom is 0.307 e. The fourth-order valence-corrected chi connectivity index (χ4v) is 3.00. The van der Waals surface area contributed by atoms with E-state index < -0.39 is 23.2 Å². The number of aromatic hydroxyl groups is 1. The third-order valence-corrected chi connectivity index (χ3v) is 4.69. The number of carbonyl (C=O) groups excluding carboxylic acids is 1. The first-order valence-electron chi connectivity index (χ1n) is 6.92. The monoisotopic (exact) mass is 291 g/mol. The molecule has 1 aromatic rings. The average molecular weight is 291 g/mol. The maximum absolute atomic E-state index is 12.3. The van der Waals surface area contributed by atoms with Crippen molar-refractivity contribution in [1.82, 2.24) is 0 Å². The summed E-state index contributed by atoms with van der Waals surface area (Å²) in [6, 6.07) is 1.71. The van der Waals surface area contributed by atoms with Crippen LogP contribution in [-0.4, -0.2) is 22.1 Å². The number of amides is 1. The van der Waals surface area contributed by atoms with E-state index in [1.165, 1.54) is 0 Å². The summed E-state index contributed by atoms with van der Waals surface area (Å²) in [4.78, 5) is 23.5. The van der Waals surface area contributed by atoms with Gasteiger partial charge >= 0.3 is 5.97 Å². The van der Waals surface area contributed by atoms with Crippen molar-refractivity contribution in [1.29, 1.82) is 0 Å². The van der Waals surface area contributed by atoms with Gasteiger partial charge in [-0.15, -0.1) is 0 Å². The van der Waals surface area contributed by atoms with Crippen LogP contribution in [0.4, 0.5) is 5.69 Å². The molecular weight excluding hydrogens is 270 g/mol. The largest absolute Gasteiger partial charge is 0.507 e. The molecule has 1 saturated carbocycles. The van der Waals surface area contributed by atoms with Crippen molar-refractivity contribution >= 4 is 17.6 Å². The number of aryl methyl sites for hydroxylation is 1. The highest BCUT2D eigenvalue weighted by molar-refractivity contribution is 6.00. The Labute approximate surface area is 124 Å². The van der Waals surface area contributed by atoms with Crippen LogP contribution in [0.5, 0.6) is 5.75 Å². The number of benzene rings is 1. The molecule has 5 nitrogen and oxygen atoms in total. The highest BCUT2D eigenvalue weighted by atomic mass is 16.4. The molecule has 0 unspecified atom stereocenters. The van der Waals surface area contributed by atoms with Crippen LogP contribution in [0.3, 0.4) is 0 Å². The first-order chi connectivity index (χ1) is 9.59. The van der Waals surface area contributed by atoms with Crippen molar-refractivity contribution in [3.63, 3.8) is 0 Å². The van der Waals surface area contributed by atoms with Crippen LogP contribution in [0.25, 0.3) is 0 Å². The number of carbonyl (C=O) groups is 2. The number of phenols is 1. The van der Waals surface area contributed by atoms with Gasteiger partial charge in [0.2, 0.25) is 5.91 Å².